The van der Waals surface area contributed by atoms with Gasteiger partial charge in [-0.1, -0.05) is 17.7 Å². The lowest BCUT2D eigenvalue weighted by Gasteiger charge is -2.09. The highest BCUT2D eigenvalue weighted by Crippen LogP contribution is 2.19. The second-order valence-corrected chi connectivity index (χ2v) is 4.94. The summed E-state index contributed by atoms with van der Waals surface area (Å²) in [6, 6.07) is 11.6. The molecular weight excluding hydrogens is 290 g/mol. The number of rotatable bonds is 2. The van der Waals surface area contributed by atoms with Crippen LogP contribution >= 0.6 is 11.6 Å². The van der Waals surface area contributed by atoms with Gasteiger partial charge in [-0.25, -0.2) is 0 Å². The van der Waals surface area contributed by atoms with Crippen molar-refractivity contribution in [3.05, 3.63) is 53.1 Å². The van der Waals surface area contributed by atoms with Gasteiger partial charge in [0.15, 0.2) is 0 Å². The van der Waals surface area contributed by atoms with Crippen LogP contribution in [0.3, 0.4) is 0 Å². The Hall–Kier alpha value is -2.53. The van der Waals surface area contributed by atoms with E-state index < -0.39 is 11.8 Å². The van der Waals surface area contributed by atoms with E-state index in [1.54, 1.807) is 42.5 Å². The van der Waals surface area contributed by atoms with E-state index in [1.165, 1.54) is 0 Å². The van der Waals surface area contributed by atoms with Crippen molar-refractivity contribution < 1.29 is 9.59 Å². The first-order valence-corrected chi connectivity index (χ1v) is 6.57. The Labute approximate surface area is 127 Å². The molecule has 2 amide bonds. The number of hydrogen-bond donors (Lipinski definition) is 3. The SMILES string of the molecule is Cc1ccc(NC(=O)C(=O)Nc2ccc(Cl)cc2)c(N)c1. The third kappa shape index (κ3) is 3.97. The van der Waals surface area contributed by atoms with Gasteiger partial charge in [0.05, 0.1) is 11.4 Å². The molecule has 0 aromatic heterocycles. The third-order valence-corrected chi connectivity index (χ3v) is 3.02. The molecule has 108 valence electrons. The van der Waals surface area contributed by atoms with E-state index in [1.807, 2.05) is 6.92 Å². The fourth-order valence-electron chi connectivity index (χ4n) is 1.70. The second-order valence-electron chi connectivity index (χ2n) is 4.51. The lowest BCUT2D eigenvalue weighted by atomic mass is 10.2. The molecule has 0 unspecified atom stereocenters. The average Bonchev–Trinajstić information content (AvgIpc) is 2.44. The standard InChI is InChI=1S/C15H14ClN3O2/c1-9-2-7-13(12(17)8-9)19-15(21)14(20)18-11-5-3-10(16)4-6-11/h2-8H,17H2,1H3,(H,18,20)(H,19,21). The van der Waals surface area contributed by atoms with Crippen molar-refractivity contribution in [2.75, 3.05) is 16.4 Å². The van der Waals surface area contributed by atoms with Crippen LogP contribution in [0.5, 0.6) is 0 Å². The number of amides is 2. The maximum Gasteiger partial charge on any atom is 0.314 e. The van der Waals surface area contributed by atoms with Crippen LogP contribution in [0.4, 0.5) is 17.1 Å². The predicted octanol–water partition coefficient (Wildman–Crippen LogP) is 2.81. The molecule has 0 aliphatic heterocycles. The molecule has 0 saturated carbocycles. The summed E-state index contributed by atoms with van der Waals surface area (Å²) >= 11 is 5.74. The van der Waals surface area contributed by atoms with E-state index in [0.717, 1.165) is 5.56 Å². The summed E-state index contributed by atoms with van der Waals surface area (Å²) < 4.78 is 0. The molecule has 0 atom stereocenters. The Morgan fingerprint density at radius 2 is 1.62 bits per heavy atom. The molecule has 0 aliphatic carbocycles. The van der Waals surface area contributed by atoms with Crippen LogP contribution in [0.1, 0.15) is 5.56 Å². The molecule has 0 saturated heterocycles. The van der Waals surface area contributed by atoms with E-state index in [0.29, 0.717) is 22.1 Å². The monoisotopic (exact) mass is 303 g/mol. The number of nitrogens with two attached hydrogens (primary N) is 1. The minimum Gasteiger partial charge on any atom is -0.397 e. The Kier molecular flexibility index (Phi) is 4.45. The van der Waals surface area contributed by atoms with Crippen LogP contribution in [0.25, 0.3) is 0 Å². The molecule has 0 fully saturated rings. The molecule has 5 nitrogen and oxygen atoms in total. The summed E-state index contributed by atoms with van der Waals surface area (Å²) in [5.41, 5.74) is 8.03. The summed E-state index contributed by atoms with van der Waals surface area (Å²) in [4.78, 5) is 23.6. The number of benzene rings is 2. The smallest absolute Gasteiger partial charge is 0.314 e. The third-order valence-electron chi connectivity index (χ3n) is 2.76. The maximum absolute atomic E-state index is 11.8. The van der Waals surface area contributed by atoms with Crippen molar-refractivity contribution in [2.24, 2.45) is 0 Å². The summed E-state index contributed by atoms with van der Waals surface area (Å²) in [5, 5.41) is 5.48. The van der Waals surface area contributed by atoms with E-state index in [2.05, 4.69) is 10.6 Å². The van der Waals surface area contributed by atoms with Gasteiger partial charge < -0.3 is 16.4 Å². The zero-order chi connectivity index (χ0) is 15.4. The maximum atomic E-state index is 11.8. The Morgan fingerprint density at radius 3 is 2.24 bits per heavy atom. The number of halogens is 1. The first-order chi connectivity index (χ1) is 9.95. The van der Waals surface area contributed by atoms with Crippen LogP contribution < -0.4 is 16.4 Å². The lowest BCUT2D eigenvalue weighted by molar-refractivity contribution is -0.132. The van der Waals surface area contributed by atoms with E-state index in [9.17, 15) is 9.59 Å². The van der Waals surface area contributed by atoms with Crippen molar-refractivity contribution in [3.8, 4) is 0 Å². The lowest BCUT2D eigenvalue weighted by Crippen LogP contribution is -2.29. The normalized spacial score (nSPS) is 10.0. The molecule has 2 aromatic carbocycles. The number of nitrogens with one attached hydrogen (secondary N) is 2. The topological polar surface area (TPSA) is 84.2 Å². The second kappa shape index (κ2) is 6.28. The Bertz CT molecular complexity index is 684. The number of anilines is 3. The number of carbonyl (C=O) groups is 2. The molecular formula is C15H14ClN3O2. The average molecular weight is 304 g/mol. The number of hydrogen-bond acceptors (Lipinski definition) is 3. The highest BCUT2D eigenvalue weighted by Gasteiger charge is 2.15. The van der Waals surface area contributed by atoms with Crippen LogP contribution in [0, 0.1) is 6.92 Å². The Balaban J connectivity index is 2.02. The number of carbonyl (C=O) groups excluding carboxylic acids is 2. The van der Waals surface area contributed by atoms with Crippen LogP contribution in [0.15, 0.2) is 42.5 Å². The van der Waals surface area contributed by atoms with Gasteiger partial charge in [-0.3, -0.25) is 9.59 Å². The van der Waals surface area contributed by atoms with Gasteiger partial charge in [-0.05, 0) is 48.9 Å². The molecule has 2 rings (SSSR count). The quantitative estimate of drug-likeness (QED) is 0.589. The van der Waals surface area contributed by atoms with Gasteiger partial charge >= 0.3 is 11.8 Å². The summed E-state index contributed by atoms with van der Waals surface area (Å²) in [6.45, 7) is 1.88. The zero-order valence-electron chi connectivity index (χ0n) is 11.3. The van der Waals surface area contributed by atoms with Crippen molar-refractivity contribution in [1.29, 1.82) is 0 Å². The minimum atomic E-state index is -0.791. The minimum absolute atomic E-state index is 0.400. The van der Waals surface area contributed by atoms with Crippen LogP contribution in [-0.2, 0) is 9.59 Å². The van der Waals surface area contributed by atoms with Gasteiger partial charge in [-0.15, -0.1) is 0 Å². The van der Waals surface area contributed by atoms with Gasteiger partial charge in [0.25, 0.3) is 0 Å². The van der Waals surface area contributed by atoms with Crippen molar-refractivity contribution in [1.82, 2.24) is 0 Å². The van der Waals surface area contributed by atoms with E-state index >= 15 is 0 Å². The molecule has 0 radical (unpaired) electrons. The number of nitrogen functional groups attached to an aromatic ring is 1. The van der Waals surface area contributed by atoms with Gasteiger partial charge in [0, 0.05) is 10.7 Å². The highest BCUT2D eigenvalue weighted by molar-refractivity contribution is 6.44. The molecule has 6 heteroatoms. The first kappa shape index (κ1) is 14.9. The molecule has 0 aliphatic rings. The summed E-state index contributed by atoms with van der Waals surface area (Å²) in [5.74, 6) is -1.57. The van der Waals surface area contributed by atoms with Crippen molar-refractivity contribution >= 4 is 40.5 Å². The molecule has 4 N–H and O–H groups in total. The Morgan fingerprint density at radius 1 is 1.00 bits per heavy atom. The highest BCUT2D eigenvalue weighted by atomic mass is 35.5. The van der Waals surface area contributed by atoms with Crippen LogP contribution in [-0.4, -0.2) is 11.8 Å². The molecule has 0 spiro atoms. The largest absolute Gasteiger partial charge is 0.397 e. The van der Waals surface area contributed by atoms with E-state index in [-0.39, 0.29) is 0 Å². The van der Waals surface area contributed by atoms with Gasteiger partial charge in [-0.2, -0.15) is 0 Å². The summed E-state index contributed by atoms with van der Waals surface area (Å²) in [7, 11) is 0. The van der Waals surface area contributed by atoms with Crippen molar-refractivity contribution in [3.63, 3.8) is 0 Å². The fourth-order valence-corrected chi connectivity index (χ4v) is 1.82. The van der Waals surface area contributed by atoms with Crippen molar-refractivity contribution in [2.45, 2.75) is 6.92 Å². The molecule has 21 heavy (non-hydrogen) atoms. The van der Waals surface area contributed by atoms with E-state index in [4.69, 9.17) is 17.3 Å². The molecule has 0 bridgehead atoms. The molecule has 0 heterocycles. The molecule has 2 aromatic rings. The number of aryl methyl sites for hydroxylation is 1. The fraction of sp³-hybridized carbons (Fsp3) is 0.0667. The van der Waals surface area contributed by atoms with Gasteiger partial charge in [0.2, 0.25) is 0 Å². The van der Waals surface area contributed by atoms with Crippen LogP contribution in [0.2, 0.25) is 5.02 Å². The van der Waals surface area contributed by atoms with Gasteiger partial charge in [0.1, 0.15) is 0 Å². The zero-order valence-corrected chi connectivity index (χ0v) is 12.1. The first-order valence-electron chi connectivity index (χ1n) is 6.20. The predicted molar refractivity (Wildman–Crippen MR) is 84.3 cm³/mol. The summed E-state index contributed by atoms with van der Waals surface area (Å²) in [6.07, 6.45) is 0.